The van der Waals surface area contributed by atoms with Crippen molar-refractivity contribution in [3.63, 3.8) is 0 Å². The highest BCUT2D eigenvalue weighted by molar-refractivity contribution is 7.90. The molecular formula is C20H20Cl2O5S. The highest BCUT2D eigenvalue weighted by Gasteiger charge is 2.20. The SMILES string of the molecule is CCOC(=O)C(CCO)=C(c1ccc(S(C)(=O)=O)cc1)c1ccc(Cl)c(Cl)c1. The van der Waals surface area contributed by atoms with Crippen LogP contribution in [-0.4, -0.2) is 39.0 Å². The van der Waals surface area contributed by atoms with E-state index in [-0.39, 0.29) is 30.1 Å². The van der Waals surface area contributed by atoms with E-state index in [9.17, 15) is 18.3 Å². The third kappa shape index (κ3) is 5.35. The fourth-order valence-corrected chi connectivity index (χ4v) is 3.62. The van der Waals surface area contributed by atoms with Crippen LogP contribution in [0.3, 0.4) is 0 Å². The lowest BCUT2D eigenvalue weighted by Gasteiger charge is -2.16. The Bertz CT molecular complexity index is 996. The lowest BCUT2D eigenvalue weighted by molar-refractivity contribution is -0.138. The molecule has 0 heterocycles. The van der Waals surface area contributed by atoms with Crippen LogP contribution in [0.15, 0.2) is 52.9 Å². The molecule has 0 fully saturated rings. The third-order valence-corrected chi connectivity index (χ3v) is 5.83. The van der Waals surface area contributed by atoms with Gasteiger partial charge in [-0.05, 0) is 47.9 Å². The number of aliphatic hydroxyl groups excluding tert-OH is 1. The summed E-state index contributed by atoms with van der Waals surface area (Å²) >= 11 is 12.2. The molecule has 150 valence electrons. The molecule has 0 saturated carbocycles. The first-order valence-electron chi connectivity index (χ1n) is 8.46. The van der Waals surface area contributed by atoms with E-state index in [0.717, 1.165) is 6.26 Å². The van der Waals surface area contributed by atoms with Crippen LogP contribution in [-0.2, 0) is 19.4 Å². The van der Waals surface area contributed by atoms with Crippen LogP contribution in [0.25, 0.3) is 5.57 Å². The van der Waals surface area contributed by atoms with Crippen LogP contribution in [0.1, 0.15) is 24.5 Å². The van der Waals surface area contributed by atoms with Gasteiger partial charge in [-0.3, -0.25) is 0 Å². The van der Waals surface area contributed by atoms with E-state index in [1.54, 1.807) is 37.3 Å². The molecule has 2 aromatic rings. The van der Waals surface area contributed by atoms with Crippen LogP contribution in [0.4, 0.5) is 0 Å². The van der Waals surface area contributed by atoms with Gasteiger partial charge in [-0.15, -0.1) is 0 Å². The molecule has 0 aliphatic rings. The molecule has 0 unspecified atom stereocenters. The average molecular weight is 443 g/mol. The van der Waals surface area contributed by atoms with Crippen LogP contribution >= 0.6 is 23.2 Å². The van der Waals surface area contributed by atoms with Gasteiger partial charge in [0.1, 0.15) is 0 Å². The van der Waals surface area contributed by atoms with Gasteiger partial charge in [-0.2, -0.15) is 0 Å². The van der Waals surface area contributed by atoms with E-state index < -0.39 is 15.8 Å². The normalized spacial score (nSPS) is 12.5. The van der Waals surface area contributed by atoms with Crippen LogP contribution in [0.2, 0.25) is 10.0 Å². The van der Waals surface area contributed by atoms with Crippen LogP contribution < -0.4 is 0 Å². The molecule has 0 bridgehead atoms. The molecule has 5 nitrogen and oxygen atoms in total. The first kappa shape index (κ1) is 22.4. The number of carbonyl (C=O) groups is 1. The van der Waals surface area contributed by atoms with E-state index >= 15 is 0 Å². The number of ether oxygens (including phenoxy) is 1. The summed E-state index contributed by atoms with van der Waals surface area (Å²) in [4.78, 5) is 12.7. The molecule has 0 aliphatic carbocycles. The summed E-state index contributed by atoms with van der Waals surface area (Å²) in [6.07, 6.45) is 1.18. The zero-order valence-electron chi connectivity index (χ0n) is 15.4. The monoisotopic (exact) mass is 442 g/mol. The Morgan fingerprint density at radius 3 is 2.14 bits per heavy atom. The molecule has 0 aromatic heterocycles. The molecule has 2 rings (SSSR count). The Labute approximate surface area is 174 Å². The molecular weight excluding hydrogens is 423 g/mol. The lowest BCUT2D eigenvalue weighted by atomic mass is 9.91. The van der Waals surface area contributed by atoms with Gasteiger partial charge >= 0.3 is 5.97 Å². The second-order valence-corrected chi connectivity index (χ2v) is 8.80. The largest absolute Gasteiger partial charge is 0.463 e. The van der Waals surface area contributed by atoms with Gasteiger partial charge in [-0.1, -0.05) is 41.4 Å². The number of aliphatic hydroxyl groups is 1. The standard InChI is InChI=1S/C20H20Cl2O5S/c1-3-27-20(24)16(10-11-23)19(14-6-9-17(21)18(22)12-14)13-4-7-15(8-5-13)28(2,25)26/h4-9,12,23H,3,10-11H2,1-2H3. The van der Waals surface area contributed by atoms with Crippen molar-refractivity contribution in [3.8, 4) is 0 Å². The number of esters is 1. The predicted octanol–water partition coefficient (Wildman–Crippen LogP) is 4.14. The fourth-order valence-electron chi connectivity index (χ4n) is 2.69. The molecule has 0 radical (unpaired) electrons. The average Bonchev–Trinajstić information content (AvgIpc) is 2.64. The summed E-state index contributed by atoms with van der Waals surface area (Å²) in [6, 6.07) is 11.0. The topological polar surface area (TPSA) is 80.7 Å². The highest BCUT2D eigenvalue weighted by Crippen LogP contribution is 2.33. The van der Waals surface area contributed by atoms with E-state index in [2.05, 4.69) is 0 Å². The smallest absolute Gasteiger partial charge is 0.334 e. The maximum atomic E-state index is 12.6. The van der Waals surface area contributed by atoms with Gasteiger partial charge in [0.2, 0.25) is 0 Å². The zero-order valence-corrected chi connectivity index (χ0v) is 17.7. The van der Waals surface area contributed by atoms with Gasteiger partial charge in [0, 0.05) is 24.9 Å². The van der Waals surface area contributed by atoms with Gasteiger partial charge in [0.15, 0.2) is 9.84 Å². The second-order valence-electron chi connectivity index (χ2n) is 5.97. The minimum absolute atomic E-state index is 0.0578. The van der Waals surface area contributed by atoms with Gasteiger partial charge in [-0.25, -0.2) is 13.2 Å². The van der Waals surface area contributed by atoms with E-state index in [0.29, 0.717) is 26.7 Å². The summed E-state index contributed by atoms with van der Waals surface area (Å²) in [5, 5.41) is 10.1. The Morgan fingerprint density at radius 2 is 1.64 bits per heavy atom. The minimum atomic E-state index is -3.36. The minimum Gasteiger partial charge on any atom is -0.463 e. The van der Waals surface area contributed by atoms with Crippen molar-refractivity contribution in [2.24, 2.45) is 0 Å². The fraction of sp³-hybridized carbons (Fsp3) is 0.250. The van der Waals surface area contributed by atoms with Crippen LogP contribution in [0.5, 0.6) is 0 Å². The first-order valence-corrected chi connectivity index (χ1v) is 11.1. The van der Waals surface area contributed by atoms with E-state index in [1.807, 2.05) is 0 Å². The van der Waals surface area contributed by atoms with Gasteiger partial charge in [0.05, 0.1) is 21.5 Å². The molecule has 28 heavy (non-hydrogen) atoms. The van der Waals surface area contributed by atoms with Gasteiger partial charge < -0.3 is 9.84 Å². The molecule has 0 amide bonds. The Morgan fingerprint density at radius 1 is 1.04 bits per heavy atom. The maximum absolute atomic E-state index is 12.6. The molecule has 0 aliphatic heterocycles. The Hall–Kier alpha value is -1.86. The van der Waals surface area contributed by atoms with Crippen molar-refractivity contribution < 1.29 is 23.1 Å². The second kappa shape index (κ2) is 9.56. The summed E-state index contributed by atoms with van der Waals surface area (Å²) in [5.74, 6) is -0.565. The third-order valence-electron chi connectivity index (χ3n) is 3.96. The highest BCUT2D eigenvalue weighted by atomic mass is 35.5. The summed E-state index contributed by atoms with van der Waals surface area (Å²) in [5.41, 5.74) is 1.93. The van der Waals surface area contributed by atoms with Crippen molar-refractivity contribution in [1.29, 1.82) is 0 Å². The van der Waals surface area contributed by atoms with Crippen molar-refractivity contribution in [3.05, 3.63) is 69.2 Å². The summed E-state index contributed by atoms with van der Waals surface area (Å²) < 4.78 is 28.6. The number of benzene rings is 2. The number of carbonyl (C=O) groups excluding carboxylic acids is 1. The van der Waals surface area contributed by atoms with Crippen molar-refractivity contribution >= 4 is 44.6 Å². The number of halogens is 2. The molecule has 1 N–H and O–H groups in total. The van der Waals surface area contributed by atoms with Crippen molar-refractivity contribution in [2.75, 3.05) is 19.5 Å². The Kier molecular flexibility index (Phi) is 7.66. The summed E-state index contributed by atoms with van der Waals surface area (Å²) in [7, 11) is -3.36. The predicted molar refractivity (Wildman–Crippen MR) is 110 cm³/mol. The molecule has 0 atom stereocenters. The molecule has 8 heteroatoms. The molecule has 2 aromatic carbocycles. The number of rotatable bonds is 7. The first-order chi connectivity index (χ1) is 13.2. The molecule has 0 spiro atoms. The summed E-state index contributed by atoms with van der Waals surface area (Å²) in [6.45, 7) is 1.60. The Balaban J connectivity index is 2.75. The number of hydrogen-bond donors (Lipinski definition) is 1. The van der Waals surface area contributed by atoms with Gasteiger partial charge in [0.25, 0.3) is 0 Å². The lowest BCUT2D eigenvalue weighted by Crippen LogP contribution is -2.12. The quantitative estimate of drug-likeness (QED) is 0.514. The maximum Gasteiger partial charge on any atom is 0.334 e. The molecule has 0 saturated heterocycles. The number of sulfone groups is 1. The van der Waals surface area contributed by atoms with Crippen molar-refractivity contribution in [1.82, 2.24) is 0 Å². The van der Waals surface area contributed by atoms with Crippen molar-refractivity contribution in [2.45, 2.75) is 18.2 Å². The van der Waals surface area contributed by atoms with Crippen LogP contribution in [0, 0.1) is 0 Å². The zero-order chi connectivity index (χ0) is 20.9. The van der Waals surface area contributed by atoms with E-state index in [1.165, 1.54) is 12.1 Å². The van der Waals surface area contributed by atoms with E-state index in [4.69, 9.17) is 27.9 Å². The number of hydrogen-bond acceptors (Lipinski definition) is 5.